The molecule has 44 heavy (non-hydrogen) atoms. The molecule has 0 aliphatic carbocycles. The Balaban J connectivity index is 0.000000187. The van der Waals surface area contributed by atoms with Crippen molar-refractivity contribution in [1.29, 1.82) is 0 Å². The molecule has 0 N–H and O–H groups in total. The monoisotopic (exact) mass is 829 g/mol. The van der Waals surface area contributed by atoms with Gasteiger partial charge in [0, 0.05) is 31.0 Å². The summed E-state index contributed by atoms with van der Waals surface area (Å²) in [6.45, 7) is 4.29. The number of hydrogen-bond acceptors (Lipinski definition) is 3. The Labute approximate surface area is 281 Å². The molecular weight excluding hydrogens is 793 g/mol. The molecule has 0 saturated carbocycles. The van der Waals surface area contributed by atoms with Crippen LogP contribution in [0.5, 0.6) is 0 Å². The summed E-state index contributed by atoms with van der Waals surface area (Å²) in [5, 5.41) is 2.58. The van der Waals surface area contributed by atoms with E-state index in [1.807, 2.05) is 47.9 Å². The van der Waals surface area contributed by atoms with Crippen LogP contribution >= 0.6 is 11.3 Å². The maximum absolute atomic E-state index is 4.59. The molecule has 7 aromatic rings. The molecule has 0 aliphatic rings. The quantitative estimate of drug-likeness (QED) is 0.131. The van der Waals surface area contributed by atoms with E-state index in [1.54, 1.807) is 0 Å². The molecule has 0 unspecified atom stereocenters. The van der Waals surface area contributed by atoms with Crippen LogP contribution in [0.15, 0.2) is 116 Å². The van der Waals surface area contributed by atoms with Gasteiger partial charge in [-0.15, -0.1) is 23.8 Å². The SMILES string of the molecule is Cc1cc(-c2[c-]cccc2)nc[c]1[Ge]([CH3])([CH3])[CH3].Cc1ccnc(-c2[c-]ccc3c2sc2ccc(-c4ccccc4)cc23)c1.[Ir]. The van der Waals surface area contributed by atoms with E-state index in [0.717, 1.165) is 22.5 Å². The molecule has 5 heteroatoms. The van der Waals surface area contributed by atoms with E-state index in [9.17, 15) is 0 Å². The first-order valence-corrected chi connectivity index (χ1v) is 22.7. The van der Waals surface area contributed by atoms with Crippen LogP contribution in [-0.2, 0) is 20.1 Å². The second-order valence-corrected chi connectivity index (χ2v) is 23.5. The topological polar surface area (TPSA) is 25.8 Å². The van der Waals surface area contributed by atoms with E-state index in [2.05, 4.69) is 132 Å². The van der Waals surface area contributed by atoms with Crippen molar-refractivity contribution in [2.45, 2.75) is 31.1 Å². The van der Waals surface area contributed by atoms with Crippen LogP contribution in [0.3, 0.4) is 0 Å². The summed E-state index contributed by atoms with van der Waals surface area (Å²) >= 11 is 0.0490. The van der Waals surface area contributed by atoms with E-state index in [1.165, 1.54) is 46.8 Å². The van der Waals surface area contributed by atoms with Gasteiger partial charge in [-0.25, -0.2) is 0 Å². The van der Waals surface area contributed by atoms with Gasteiger partial charge in [-0.1, -0.05) is 53.4 Å². The van der Waals surface area contributed by atoms with Gasteiger partial charge in [0.1, 0.15) is 0 Å². The van der Waals surface area contributed by atoms with E-state index in [0.29, 0.717) is 0 Å². The van der Waals surface area contributed by atoms with Gasteiger partial charge in [0.2, 0.25) is 0 Å². The Morgan fingerprint density at radius 1 is 0.682 bits per heavy atom. The Bertz CT molecular complexity index is 2030. The van der Waals surface area contributed by atoms with E-state index >= 15 is 0 Å². The molecule has 3 heterocycles. The van der Waals surface area contributed by atoms with Gasteiger partial charge in [-0.05, 0) is 52.0 Å². The average Bonchev–Trinajstić information content (AvgIpc) is 3.40. The van der Waals surface area contributed by atoms with Crippen LogP contribution in [0.4, 0.5) is 0 Å². The molecule has 1 radical (unpaired) electrons. The van der Waals surface area contributed by atoms with Crippen LogP contribution in [0.1, 0.15) is 11.1 Å². The van der Waals surface area contributed by atoms with Crippen molar-refractivity contribution in [3.63, 3.8) is 0 Å². The fourth-order valence-corrected chi connectivity index (χ4v) is 10.2. The van der Waals surface area contributed by atoms with Crippen molar-refractivity contribution in [1.82, 2.24) is 9.97 Å². The third-order valence-electron chi connectivity index (χ3n) is 7.61. The predicted octanol–water partition coefficient (Wildman–Crippen LogP) is 10.3. The first-order chi connectivity index (χ1) is 20.8. The predicted molar refractivity (Wildman–Crippen MR) is 188 cm³/mol. The minimum Gasteiger partial charge on any atom is -0.305 e. The Hall–Kier alpha value is -3.41. The number of hydrogen-bond donors (Lipinski definition) is 0. The number of fused-ring (bicyclic) bond motifs is 3. The number of benzene rings is 4. The molecule has 0 fully saturated rings. The standard InChI is InChI=1S/C24H16NS.C15H18GeN.Ir/c1-16-12-13-25-22(14-16)20-9-5-8-19-21-15-18(17-6-3-2-4-7-17)10-11-23(21)26-24(19)20;1-12-10-15(13-8-6-5-7-9-13)17-11-14(12)16(2,3)4;/h2-8,10-15H,1H3;5-8,10-11H,1-4H3;/q2*-1;. The molecule has 0 atom stereocenters. The van der Waals surface area contributed by atoms with Crippen molar-refractivity contribution in [3.8, 4) is 33.6 Å². The van der Waals surface area contributed by atoms with Crippen LogP contribution in [0, 0.1) is 26.0 Å². The minimum atomic E-state index is -1.77. The summed E-state index contributed by atoms with van der Waals surface area (Å²) in [7, 11) is 0. The molecule has 0 spiro atoms. The molecule has 0 bridgehead atoms. The van der Waals surface area contributed by atoms with Crippen LogP contribution < -0.4 is 4.40 Å². The molecule has 221 valence electrons. The maximum atomic E-state index is 4.59. The van der Waals surface area contributed by atoms with Crippen molar-refractivity contribution >= 4 is 49.2 Å². The smallest absolute Gasteiger partial charge is 0.0240 e. The zero-order valence-electron chi connectivity index (χ0n) is 25.6. The van der Waals surface area contributed by atoms with E-state index in [-0.39, 0.29) is 20.1 Å². The van der Waals surface area contributed by atoms with Gasteiger partial charge < -0.3 is 4.98 Å². The molecule has 2 nitrogen and oxygen atoms in total. The summed E-state index contributed by atoms with van der Waals surface area (Å²) in [6, 6.07) is 42.5. The summed E-state index contributed by atoms with van der Waals surface area (Å²) in [4.78, 5) is 9.16. The molecule has 0 aliphatic heterocycles. The van der Waals surface area contributed by atoms with Crippen molar-refractivity contribution in [2.24, 2.45) is 0 Å². The second-order valence-electron chi connectivity index (χ2n) is 11.9. The fraction of sp³-hybridized carbons (Fsp3) is 0.128. The van der Waals surface area contributed by atoms with Gasteiger partial charge in [0.05, 0.1) is 0 Å². The molecule has 0 amide bonds. The van der Waals surface area contributed by atoms with Crippen molar-refractivity contribution in [2.75, 3.05) is 0 Å². The zero-order valence-corrected chi connectivity index (χ0v) is 30.9. The van der Waals surface area contributed by atoms with Crippen LogP contribution in [-0.4, -0.2) is 23.2 Å². The minimum absolute atomic E-state index is 0. The maximum Gasteiger partial charge on any atom is 0.0240 e. The van der Waals surface area contributed by atoms with Crippen molar-refractivity contribution < 1.29 is 20.1 Å². The molecular formula is C39H34GeIrN2S-2. The third-order valence-corrected chi connectivity index (χ3v) is 13.3. The number of pyridine rings is 2. The molecule has 4 aromatic carbocycles. The van der Waals surface area contributed by atoms with Gasteiger partial charge in [-0.3, -0.25) is 0 Å². The average molecular weight is 828 g/mol. The van der Waals surface area contributed by atoms with E-state index in [4.69, 9.17) is 0 Å². The first-order valence-electron chi connectivity index (χ1n) is 14.6. The third kappa shape index (κ3) is 6.95. The van der Waals surface area contributed by atoms with E-state index < -0.39 is 13.3 Å². The largest absolute Gasteiger partial charge is 0.305 e. The summed E-state index contributed by atoms with van der Waals surface area (Å²) in [5.74, 6) is 7.20. The Kier molecular flexibility index (Phi) is 9.97. The number of nitrogens with zero attached hydrogens (tertiary/aromatic N) is 2. The first kappa shape index (κ1) is 32.0. The van der Waals surface area contributed by atoms with Gasteiger partial charge in [0.25, 0.3) is 0 Å². The van der Waals surface area contributed by atoms with Crippen LogP contribution in [0.25, 0.3) is 53.8 Å². The number of aryl methyl sites for hydroxylation is 2. The normalized spacial score (nSPS) is 11.1. The Morgan fingerprint density at radius 3 is 2.18 bits per heavy atom. The van der Waals surface area contributed by atoms with Gasteiger partial charge in [-0.2, -0.15) is 11.3 Å². The molecule has 3 aromatic heterocycles. The summed E-state index contributed by atoms with van der Waals surface area (Å²) in [5.41, 5.74) is 9.27. The summed E-state index contributed by atoms with van der Waals surface area (Å²) in [6.07, 6.45) is 3.95. The number of aromatic nitrogens is 2. The number of thiophene rings is 1. The molecule has 7 rings (SSSR count). The Morgan fingerprint density at radius 2 is 1.48 bits per heavy atom. The number of rotatable bonds is 4. The van der Waals surface area contributed by atoms with Crippen LogP contribution in [0.2, 0.25) is 17.3 Å². The zero-order chi connectivity index (χ0) is 30.0. The van der Waals surface area contributed by atoms with Crippen molar-refractivity contribution in [3.05, 3.63) is 139 Å². The second kappa shape index (κ2) is 13.7. The summed E-state index contributed by atoms with van der Waals surface area (Å²) < 4.78 is 4.05. The van der Waals surface area contributed by atoms with Gasteiger partial charge >= 0.3 is 106 Å². The fourth-order valence-electron chi connectivity index (χ4n) is 5.46. The van der Waals surface area contributed by atoms with Gasteiger partial charge in [0.15, 0.2) is 0 Å². The molecule has 0 saturated heterocycles.